The first-order valence-corrected chi connectivity index (χ1v) is 6.37. The zero-order valence-electron chi connectivity index (χ0n) is 11.6. The van der Waals surface area contributed by atoms with E-state index in [1.54, 1.807) is 13.0 Å². The third kappa shape index (κ3) is 2.97. The van der Waals surface area contributed by atoms with E-state index in [1.807, 2.05) is 0 Å². The molecule has 0 unspecified atom stereocenters. The zero-order chi connectivity index (χ0) is 15.7. The molecule has 21 heavy (non-hydrogen) atoms. The monoisotopic (exact) mass is 301 g/mol. The summed E-state index contributed by atoms with van der Waals surface area (Å²) < 4.78 is 13.1. The molecule has 8 nitrogen and oxygen atoms in total. The summed E-state index contributed by atoms with van der Waals surface area (Å²) in [6, 6.07) is -1.51. The van der Waals surface area contributed by atoms with Crippen molar-refractivity contribution in [2.24, 2.45) is 0 Å². The highest BCUT2D eigenvalue weighted by Gasteiger charge is 2.46. The molecule has 0 saturated carbocycles. The molecule has 1 saturated heterocycles. The number of nitrogens with one attached hydrogen (secondary N) is 1. The summed E-state index contributed by atoms with van der Waals surface area (Å²) in [4.78, 5) is 39.6. The molecule has 3 atom stereocenters. The normalized spacial score (nSPS) is 25.7. The quantitative estimate of drug-likeness (QED) is 0.689. The lowest BCUT2D eigenvalue weighted by molar-refractivity contribution is -0.219. The van der Waals surface area contributed by atoms with E-state index in [1.165, 1.54) is 11.8 Å². The number of hydrogen-bond acceptors (Lipinski definition) is 4. The molecule has 0 aromatic carbocycles. The van der Waals surface area contributed by atoms with E-state index in [0.717, 1.165) is 10.6 Å². The Hall–Kier alpha value is -2.16. The first-order chi connectivity index (χ1) is 9.81. The van der Waals surface area contributed by atoms with E-state index in [-0.39, 0.29) is 25.0 Å². The topological polar surface area (TPSA) is 99.2 Å². The molecule has 0 aromatic heterocycles. The third-order valence-corrected chi connectivity index (χ3v) is 3.42. The highest BCUT2D eigenvalue weighted by Crippen LogP contribution is 2.29. The second kappa shape index (κ2) is 5.68. The number of amides is 3. The van der Waals surface area contributed by atoms with Crippen LogP contribution in [0.25, 0.3) is 0 Å². The molecule has 2 N–H and O–H groups in total. The van der Waals surface area contributed by atoms with Crippen molar-refractivity contribution in [3.05, 3.63) is 11.6 Å². The predicted molar refractivity (Wildman–Crippen MR) is 67.6 cm³/mol. The highest BCUT2D eigenvalue weighted by atomic mass is 19.1. The lowest BCUT2D eigenvalue weighted by atomic mass is 10.0. The van der Waals surface area contributed by atoms with E-state index >= 15 is 0 Å². The van der Waals surface area contributed by atoms with Crippen LogP contribution in [-0.2, 0) is 14.4 Å². The number of carboxylic acid groups (broad SMARTS) is 1. The van der Waals surface area contributed by atoms with E-state index in [2.05, 4.69) is 10.2 Å². The van der Waals surface area contributed by atoms with Crippen molar-refractivity contribution < 1.29 is 28.7 Å². The van der Waals surface area contributed by atoms with Crippen LogP contribution >= 0.6 is 0 Å². The van der Waals surface area contributed by atoms with E-state index < -0.39 is 24.4 Å². The number of rotatable bonds is 5. The number of hydroxylamine groups is 2. The molecule has 1 fully saturated rings. The molecule has 0 radical (unpaired) electrons. The van der Waals surface area contributed by atoms with Gasteiger partial charge in [0.25, 0.3) is 0 Å². The van der Waals surface area contributed by atoms with Gasteiger partial charge in [-0.2, -0.15) is 5.06 Å². The number of nitrogens with zero attached hydrogens (tertiary/aromatic N) is 2. The smallest absolute Gasteiger partial charge is 0.368 e. The summed E-state index contributed by atoms with van der Waals surface area (Å²) in [5.74, 6) is -2.02. The molecule has 2 bridgehead atoms. The fourth-order valence-corrected chi connectivity index (χ4v) is 2.44. The van der Waals surface area contributed by atoms with Crippen molar-refractivity contribution in [3.8, 4) is 0 Å². The van der Waals surface area contributed by atoms with Crippen LogP contribution in [0, 0.1) is 0 Å². The Morgan fingerprint density at radius 1 is 1.62 bits per heavy atom. The number of alkyl halides is 1. The van der Waals surface area contributed by atoms with Crippen LogP contribution < -0.4 is 5.32 Å². The average molecular weight is 301 g/mol. The number of carboxylic acids is 1. The number of aliphatic carboxylic acids is 1. The van der Waals surface area contributed by atoms with E-state index in [9.17, 15) is 18.8 Å². The fourth-order valence-electron chi connectivity index (χ4n) is 2.44. The molecular formula is C12H16FN3O5. The van der Waals surface area contributed by atoms with Gasteiger partial charge in [0.05, 0.1) is 12.1 Å². The second-order valence-electron chi connectivity index (χ2n) is 4.95. The van der Waals surface area contributed by atoms with Crippen molar-refractivity contribution in [2.45, 2.75) is 32.3 Å². The van der Waals surface area contributed by atoms with Gasteiger partial charge < -0.3 is 15.3 Å². The van der Waals surface area contributed by atoms with Crippen molar-refractivity contribution in [3.63, 3.8) is 0 Å². The Bertz CT molecular complexity index is 509. The Morgan fingerprint density at radius 2 is 2.29 bits per heavy atom. The van der Waals surface area contributed by atoms with E-state index in [0.29, 0.717) is 0 Å². The van der Waals surface area contributed by atoms with Crippen LogP contribution in [0.1, 0.15) is 13.8 Å². The van der Waals surface area contributed by atoms with Gasteiger partial charge in [-0.05, 0) is 6.92 Å². The van der Waals surface area contributed by atoms with Crippen molar-refractivity contribution in [1.82, 2.24) is 15.3 Å². The maximum absolute atomic E-state index is 13.1. The minimum atomic E-state index is -2.60. The molecule has 0 spiro atoms. The average Bonchev–Trinajstić information content (AvgIpc) is 2.63. The van der Waals surface area contributed by atoms with Crippen LogP contribution in [-0.4, -0.2) is 64.5 Å². The Labute approximate surface area is 120 Å². The number of urea groups is 1. The van der Waals surface area contributed by atoms with Crippen molar-refractivity contribution in [2.75, 3.05) is 13.1 Å². The summed E-state index contributed by atoms with van der Waals surface area (Å²) in [6.45, 7) is 3.65. The van der Waals surface area contributed by atoms with Crippen molar-refractivity contribution >= 4 is 17.9 Å². The van der Waals surface area contributed by atoms with Crippen LogP contribution in [0.4, 0.5) is 9.18 Å². The fraction of sp³-hybridized carbons (Fsp3) is 0.583. The van der Waals surface area contributed by atoms with Gasteiger partial charge in [0.1, 0.15) is 0 Å². The standard InChI is InChI=1S/C12H16FN3O5/c1-6-3-8-5-15(9(6)4-14-7(2)17)12(20)16(8)21-10(13)11(18)19/h3,8-10H,4-5H2,1-2H3,(H,14,17)(H,18,19)/t8-,9+,10+/m0/s1. The van der Waals surface area contributed by atoms with Crippen LogP contribution in [0.15, 0.2) is 11.6 Å². The zero-order valence-corrected chi connectivity index (χ0v) is 11.6. The Kier molecular flexibility index (Phi) is 4.12. The van der Waals surface area contributed by atoms with Gasteiger partial charge in [-0.3, -0.25) is 4.79 Å². The highest BCUT2D eigenvalue weighted by molar-refractivity contribution is 5.79. The Balaban J connectivity index is 2.11. The number of carbonyl (C=O) groups is 3. The first-order valence-electron chi connectivity index (χ1n) is 6.37. The van der Waals surface area contributed by atoms with Gasteiger partial charge in [0.15, 0.2) is 0 Å². The summed E-state index contributed by atoms with van der Waals surface area (Å²) in [5.41, 5.74) is 0.824. The van der Waals surface area contributed by atoms with Gasteiger partial charge in [-0.25, -0.2) is 18.8 Å². The second-order valence-corrected chi connectivity index (χ2v) is 4.95. The summed E-state index contributed by atoms with van der Waals surface area (Å²) in [7, 11) is 0. The van der Waals surface area contributed by atoms with Crippen LogP contribution in [0.3, 0.4) is 0 Å². The number of fused-ring (bicyclic) bond motifs is 2. The summed E-state index contributed by atoms with van der Waals surface area (Å²) in [5, 5.41) is 11.9. The summed E-state index contributed by atoms with van der Waals surface area (Å²) in [6.07, 6.45) is -0.889. The maximum Gasteiger partial charge on any atom is 0.368 e. The molecule has 9 heteroatoms. The van der Waals surface area contributed by atoms with Gasteiger partial charge in [-0.1, -0.05) is 11.6 Å². The largest absolute Gasteiger partial charge is 0.477 e. The van der Waals surface area contributed by atoms with Crippen LogP contribution in [0.2, 0.25) is 0 Å². The molecule has 116 valence electrons. The summed E-state index contributed by atoms with van der Waals surface area (Å²) >= 11 is 0. The predicted octanol–water partition coefficient (Wildman–Crippen LogP) is -0.131. The molecule has 0 aromatic rings. The first kappa shape index (κ1) is 15.2. The number of halogens is 1. The number of carbonyl (C=O) groups excluding carboxylic acids is 2. The molecule has 2 aliphatic rings. The van der Waals surface area contributed by atoms with Gasteiger partial charge in [-0.15, -0.1) is 0 Å². The third-order valence-electron chi connectivity index (χ3n) is 3.42. The number of hydrogen-bond donors (Lipinski definition) is 2. The molecule has 2 heterocycles. The molecular weight excluding hydrogens is 285 g/mol. The lowest BCUT2D eigenvalue weighted by Crippen LogP contribution is -2.47. The maximum atomic E-state index is 13.1. The molecule has 3 amide bonds. The van der Waals surface area contributed by atoms with Gasteiger partial charge in [0, 0.05) is 20.0 Å². The minimum Gasteiger partial charge on any atom is -0.477 e. The molecule has 2 aliphatic heterocycles. The van der Waals surface area contributed by atoms with E-state index in [4.69, 9.17) is 5.11 Å². The molecule has 0 aliphatic carbocycles. The lowest BCUT2D eigenvalue weighted by Gasteiger charge is -2.30. The SMILES string of the molecule is CC(=O)NC[C@@H]1C(C)=C[C@H]2CN1C(=O)N2O[C@@H](F)C(=O)O. The van der Waals surface area contributed by atoms with Gasteiger partial charge >= 0.3 is 18.4 Å². The van der Waals surface area contributed by atoms with Gasteiger partial charge in [0.2, 0.25) is 5.91 Å². The minimum absolute atomic E-state index is 0.223. The molecule has 2 rings (SSSR count). The van der Waals surface area contributed by atoms with Crippen molar-refractivity contribution in [1.29, 1.82) is 0 Å². The van der Waals surface area contributed by atoms with Crippen LogP contribution in [0.5, 0.6) is 0 Å². The Morgan fingerprint density at radius 3 is 2.86 bits per heavy atom.